The summed E-state index contributed by atoms with van der Waals surface area (Å²) in [6.07, 6.45) is 6.00. The molecule has 0 heterocycles. The third-order valence-corrected chi connectivity index (χ3v) is 2.79. The van der Waals surface area contributed by atoms with Gasteiger partial charge < -0.3 is 0 Å². The molecular weight excluding hydrogens is 244 g/mol. The van der Waals surface area contributed by atoms with Gasteiger partial charge in [-0.15, -0.1) is 0 Å². The highest BCUT2D eigenvalue weighted by molar-refractivity contribution is 9.12. The Balaban J connectivity index is 2.68. The minimum Gasteiger partial charge on any atom is -0.0811 e. The van der Waals surface area contributed by atoms with E-state index in [-0.39, 0.29) is 4.32 Å². The molecule has 2 heteroatoms. The topological polar surface area (TPSA) is 0 Å². The summed E-state index contributed by atoms with van der Waals surface area (Å²) in [6, 6.07) is 0. The van der Waals surface area contributed by atoms with Gasteiger partial charge in [-0.05, 0) is 30.7 Å². The van der Waals surface area contributed by atoms with Crippen LogP contribution in [0.2, 0.25) is 0 Å². The van der Waals surface area contributed by atoms with Crippen LogP contribution in [-0.2, 0) is 0 Å². The number of rotatable bonds is 0. The van der Waals surface area contributed by atoms with Gasteiger partial charge in [0.25, 0.3) is 0 Å². The first-order chi connectivity index (χ1) is 4.10. The molecule has 0 amide bonds. The Morgan fingerprint density at radius 2 is 2.33 bits per heavy atom. The highest BCUT2D eigenvalue weighted by Gasteiger charge is 2.20. The van der Waals surface area contributed by atoms with E-state index in [0.717, 1.165) is 0 Å². The molecule has 0 bridgehead atoms. The predicted octanol–water partition coefficient (Wildman–Crippen LogP) is 3.60. The van der Waals surface area contributed by atoms with E-state index in [2.05, 4.69) is 44.9 Å². The molecule has 52 valence electrons. The molecule has 0 fully saturated rings. The standard InChI is InChI=1S/C7H10Br2/c1-7(9)4-2-3-6(8)5-7/h5H,2-4H2,1H3/t7-/m1/s1. The third-order valence-electron chi connectivity index (χ3n) is 1.54. The first-order valence-corrected chi connectivity index (χ1v) is 4.75. The molecule has 0 N–H and O–H groups in total. The van der Waals surface area contributed by atoms with Crippen molar-refractivity contribution in [3.05, 3.63) is 10.6 Å². The number of alkyl halides is 1. The Morgan fingerprint density at radius 3 is 2.67 bits per heavy atom. The minimum atomic E-state index is 0.254. The lowest BCUT2D eigenvalue weighted by Crippen LogP contribution is -2.15. The van der Waals surface area contributed by atoms with Crippen LogP contribution in [0.15, 0.2) is 10.6 Å². The Bertz CT molecular complexity index is 136. The van der Waals surface area contributed by atoms with E-state index in [9.17, 15) is 0 Å². The summed E-state index contributed by atoms with van der Waals surface area (Å²) in [5, 5.41) is 0. The molecule has 0 radical (unpaired) electrons. The number of halogens is 2. The molecule has 1 aliphatic rings. The molecule has 0 nitrogen and oxygen atoms in total. The van der Waals surface area contributed by atoms with Crippen molar-refractivity contribution < 1.29 is 0 Å². The van der Waals surface area contributed by atoms with Crippen LogP contribution in [-0.4, -0.2) is 4.32 Å². The molecule has 1 aliphatic carbocycles. The summed E-state index contributed by atoms with van der Waals surface area (Å²) < 4.78 is 1.59. The summed E-state index contributed by atoms with van der Waals surface area (Å²) in [5.74, 6) is 0. The van der Waals surface area contributed by atoms with Crippen LogP contribution >= 0.6 is 31.9 Å². The highest BCUT2D eigenvalue weighted by Crippen LogP contribution is 2.35. The molecule has 0 aromatic rings. The van der Waals surface area contributed by atoms with E-state index in [1.165, 1.54) is 23.7 Å². The number of hydrogen-bond donors (Lipinski definition) is 0. The molecule has 0 spiro atoms. The number of hydrogen-bond acceptors (Lipinski definition) is 0. The first-order valence-electron chi connectivity index (χ1n) is 3.16. The Morgan fingerprint density at radius 1 is 1.67 bits per heavy atom. The molecule has 0 saturated heterocycles. The van der Waals surface area contributed by atoms with Crippen molar-refractivity contribution in [2.24, 2.45) is 0 Å². The lowest BCUT2D eigenvalue weighted by atomic mass is 9.98. The monoisotopic (exact) mass is 252 g/mol. The zero-order valence-corrected chi connectivity index (χ0v) is 8.63. The largest absolute Gasteiger partial charge is 0.0811 e. The smallest absolute Gasteiger partial charge is 0.0419 e. The van der Waals surface area contributed by atoms with Crippen molar-refractivity contribution in [3.8, 4) is 0 Å². The van der Waals surface area contributed by atoms with E-state index in [0.29, 0.717) is 0 Å². The minimum absolute atomic E-state index is 0.254. The van der Waals surface area contributed by atoms with Crippen molar-refractivity contribution >= 4 is 31.9 Å². The van der Waals surface area contributed by atoms with E-state index in [1.54, 1.807) is 0 Å². The zero-order chi connectivity index (χ0) is 6.91. The van der Waals surface area contributed by atoms with E-state index in [1.807, 2.05) is 0 Å². The van der Waals surface area contributed by atoms with Crippen LogP contribution in [0.5, 0.6) is 0 Å². The fraction of sp³-hybridized carbons (Fsp3) is 0.714. The van der Waals surface area contributed by atoms with E-state index < -0.39 is 0 Å². The maximum atomic E-state index is 3.63. The predicted molar refractivity (Wildman–Crippen MR) is 48.2 cm³/mol. The third kappa shape index (κ3) is 2.42. The molecular formula is C7H10Br2. The molecule has 0 aliphatic heterocycles. The van der Waals surface area contributed by atoms with Gasteiger partial charge in [-0.25, -0.2) is 0 Å². The Labute approximate surface area is 73.0 Å². The maximum Gasteiger partial charge on any atom is 0.0419 e. The zero-order valence-electron chi connectivity index (χ0n) is 5.45. The Kier molecular flexibility index (Phi) is 2.38. The molecule has 0 unspecified atom stereocenters. The van der Waals surface area contributed by atoms with Crippen LogP contribution in [0.1, 0.15) is 26.2 Å². The second-order valence-corrected chi connectivity index (χ2v) is 5.55. The lowest BCUT2D eigenvalue weighted by molar-refractivity contribution is 0.631. The van der Waals surface area contributed by atoms with Crippen LogP contribution in [0, 0.1) is 0 Å². The summed E-state index contributed by atoms with van der Waals surface area (Å²) in [6.45, 7) is 2.20. The van der Waals surface area contributed by atoms with Crippen LogP contribution < -0.4 is 0 Å². The second-order valence-electron chi connectivity index (χ2n) is 2.72. The van der Waals surface area contributed by atoms with Gasteiger partial charge in [0.05, 0.1) is 0 Å². The molecule has 1 rings (SSSR count). The fourth-order valence-electron chi connectivity index (χ4n) is 1.07. The van der Waals surface area contributed by atoms with Gasteiger partial charge in [-0.2, -0.15) is 0 Å². The SMILES string of the molecule is C[C@]1(Br)C=C(Br)CCC1. The van der Waals surface area contributed by atoms with E-state index in [4.69, 9.17) is 0 Å². The summed E-state index contributed by atoms with van der Waals surface area (Å²) >= 11 is 7.12. The van der Waals surface area contributed by atoms with Gasteiger partial charge in [0.2, 0.25) is 0 Å². The fourth-order valence-corrected chi connectivity index (χ4v) is 2.72. The van der Waals surface area contributed by atoms with Gasteiger partial charge >= 0.3 is 0 Å². The second kappa shape index (κ2) is 2.75. The van der Waals surface area contributed by atoms with Gasteiger partial charge in [-0.1, -0.05) is 37.9 Å². The molecule has 0 aromatic heterocycles. The lowest BCUT2D eigenvalue weighted by Gasteiger charge is -2.22. The molecule has 0 saturated carbocycles. The van der Waals surface area contributed by atoms with Gasteiger partial charge in [-0.3, -0.25) is 0 Å². The normalized spacial score (nSPS) is 36.1. The molecule has 0 aromatic carbocycles. The van der Waals surface area contributed by atoms with Gasteiger partial charge in [0, 0.05) is 4.32 Å². The average Bonchev–Trinajstić information content (AvgIpc) is 1.60. The van der Waals surface area contributed by atoms with Crippen molar-refractivity contribution in [2.75, 3.05) is 0 Å². The highest BCUT2D eigenvalue weighted by atomic mass is 79.9. The van der Waals surface area contributed by atoms with Gasteiger partial charge in [0.15, 0.2) is 0 Å². The van der Waals surface area contributed by atoms with Crippen molar-refractivity contribution in [2.45, 2.75) is 30.5 Å². The van der Waals surface area contributed by atoms with Gasteiger partial charge in [0.1, 0.15) is 0 Å². The van der Waals surface area contributed by atoms with Crippen LogP contribution in [0.25, 0.3) is 0 Å². The van der Waals surface area contributed by atoms with Crippen molar-refractivity contribution in [3.63, 3.8) is 0 Å². The quantitative estimate of drug-likeness (QED) is 0.579. The molecule has 1 atom stereocenters. The van der Waals surface area contributed by atoms with E-state index >= 15 is 0 Å². The number of allylic oxidation sites excluding steroid dienone is 2. The average molecular weight is 254 g/mol. The summed E-state index contributed by atoms with van der Waals surface area (Å²) in [5.41, 5.74) is 0. The van der Waals surface area contributed by atoms with Crippen molar-refractivity contribution in [1.82, 2.24) is 0 Å². The van der Waals surface area contributed by atoms with Crippen LogP contribution in [0.4, 0.5) is 0 Å². The van der Waals surface area contributed by atoms with Crippen molar-refractivity contribution in [1.29, 1.82) is 0 Å². The van der Waals surface area contributed by atoms with Crippen LogP contribution in [0.3, 0.4) is 0 Å². The Hall–Kier alpha value is 0.700. The first kappa shape index (κ1) is 7.80. The summed E-state index contributed by atoms with van der Waals surface area (Å²) in [4.78, 5) is 0. The summed E-state index contributed by atoms with van der Waals surface area (Å²) in [7, 11) is 0. The maximum absolute atomic E-state index is 3.63. The molecule has 9 heavy (non-hydrogen) atoms.